The summed E-state index contributed by atoms with van der Waals surface area (Å²) < 4.78 is 18.6. The van der Waals surface area contributed by atoms with Gasteiger partial charge in [-0.2, -0.15) is 0 Å². The molecule has 0 saturated heterocycles. The summed E-state index contributed by atoms with van der Waals surface area (Å²) in [7, 11) is 1.64. The van der Waals surface area contributed by atoms with Crippen LogP contribution < -0.4 is 4.74 Å². The van der Waals surface area contributed by atoms with Gasteiger partial charge < -0.3 is 13.6 Å². The van der Waals surface area contributed by atoms with Crippen molar-refractivity contribution in [3.05, 3.63) is 60.2 Å². The Hall–Kier alpha value is -3.07. The smallest absolute Gasteiger partial charge is 0.226 e. The van der Waals surface area contributed by atoms with Crippen molar-refractivity contribution in [2.24, 2.45) is 0 Å². The molecule has 156 valence electrons. The molecule has 0 unspecified atom stereocenters. The number of hydrogen-bond acceptors (Lipinski definition) is 8. The van der Waals surface area contributed by atoms with E-state index in [9.17, 15) is 0 Å². The highest BCUT2D eigenvalue weighted by Gasteiger charge is 2.22. The zero-order valence-electron chi connectivity index (χ0n) is 17.3. The molecule has 0 N–H and O–H groups in total. The van der Waals surface area contributed by atoms with E-state index in [2.05, 4.69) is 20.4 Å². The molecule has 0 spiro atoms. The van der Waals surface area contributed by atoms with E-state index in [1.807, 2.05) is 61.7 Å². The number of rotatable bonds is 7. The van der Waals surface area contributed by atoms with Gasteiger partial charge in [-0.3, -0.25) is 4.57 Å². The van der Waals surface area contributed by atoms with Crippen molar-refractivity contribution in [2.75, 3.05) is 7.11 Å². The van der Waals surface area contributed by atoms with Crippen LogP contribution in [0.4, 0.5) is 0 Å². The second-order valence-electron chi connectivity index (χ2n) is 7.74. The summed E-state index contributed by atoms with van der Waals surface area (Å²) in [5, 5.41) is 17.9. The molecule has 0 amide bonds. The summed E-state index contributed by atoms with van der Waals surface area (Å²) in [6.07, 6.45) is 1.66. The average molecular weight is 426 g/mol. The third kappa shape index (κ3) is 4.40. The number of hydrogen-bond donors (Lipinski definition) is 0. The Kier molecular flexibility index (Phi) is 5.63. The largest absolute Gasteiger partial charge is 0.497 e. The zero-order valence-corrected chi connectivity index (χ0v) is 18.1. The van der Waals surface area contributed by atoms with Crippen molar-refractivity contribution in [1.82, 2.24) is 25.0 Å². The molecule has 30 heavy (non-hydrogen) atoms. The van der Waals surface area contributed by atoms with Gasteiger partial charge in [0.1, 0.15) is 11.5 Å². The van der Waals surface area contributed by atoms with Crippen LogP contribution in [0, 0.1) is 0 Å². The van der Waals surface area contributed by atoms with E-state index < -0.39 is 0 Å². The lowest BCUT2D eigenvalue weighted by molar-refractivity contribution is 0.378. The highest BCUT2D eigenvalue weighted by molar-refractivity contribution is 7.98. The lowest BCUT2D eigenvalue weighted by Crippen LogP contribution is -2.11. The molecule has 3 aromatic heterocycles. The van der Waals surface area contributed by atoms with E-state index in [4.69, 9.17) is 13.6 Å². The second kappa shape index (κ2) is 8.35. The van der Waals surface area contributed by atoms with E-state index in [-0.39, 0.29) is 5.41 Å². The summed E-state index contributed by atoms with van der Waals surface area (Å²) in [5.74, 6) is 4.04. The van der Waals surface area contributed by atoms with Crippen LogP contribution in [0.1, 0.15) is 38.3 Å². The van der Waals surface area contributed by atoms with Crippen LogP contribution in [0.15, 0.2) is 56.7 Å². The van der Waals surface area contributed by atoms with Crippen LogP contribution >= 0.6 is 11.8 Å². The minimum Gasteiger partial charge on any atom is -0.497 e. The monoisotopic (exact) mass is 425 g/mol. The number of thioether (sulfide) groups is 1. The van der Waals surface area contributed by atoms with Crippen molar-refractivity contribution < 1.29 is 13.6 Å². The minimum absolute atomic E-state index is 0.184. The van der Waals surface area contributed by atoms with Gasteiger partial charge in [0.25, 0.3) is 0 Å². The molecule has 0 radical (unpaired) electrons. The molecule has 1 aromatic carbocycles. The molecule has 0 fully saturated rings. The van der Waals surface area contributed by atoms with Crippen molar-refractivity contribution in [3.63, 3.8) is 0 Å². The quantitative estimate of drug-likeness (QED) is 0.398. The molecule has 0 aliphatic carbocycles. The van der Waals surface area contributed by atoms with Crippen LogP contribution in [0.5, 0.6) is 5.75 Å². The van der Waals surface area contributed by atoms with Crippen molar-refractivity contribution in [2.45, 2.75) is 43.6 Å². The fourth-order valence-electron chi connectivity index (χ4n) is 2.79. The van der Waals surface area contributed by atoms with Crippen molar-refractivity contribution >= 4 is 11.8 Å². The Morgan fingerprint density at radius 3 is 2.47 bits per heavy atom. The number of nitrogens with zero attached hydrogens (tertiary/aromatic N) is 5. The van der Waals surface area contributed by atoms with Crippen LogP contribution in [0.25, 0.3) is 11.4 Å². The SMILES string of the molecule is COc1ccc(-c2nnc(SCc3nnc(C(C)(C)C)o3)n2Cc2ccco2)cc1. The summed E-state index contributed by atoms with van der Waals surface area (Å²) >= 11 is 1.50. The topological polar surface area (TPSA) is 92.0 Å². The van der Waals surface area contributed by atoms with Gasteiger partial charge in [0.2, 0.25) is 11.8 Å². The number of ether oxygens (including phenoxy) is 1. The molecular weight excluding hydrogens is 402 g/mol. The summed E-state index contributed by atoms with van der Waals surface area (Å²) in [6.45, 7) is 6.64. The fraction of sp³-hybridized carbons (Fsp3) is 0.333. The van der Waals surface area contributed by atoms with Gasteiger partial charge in [-0.05, 0) is 36.4 Å². The molecule has 4 rings (SSSR count). The Balaban J connectivity index is 1.60. The number of furan rings is 1. The summed E-state index contributed by atoms with van der Waals surface area (Å²) in [6, 6.07) is 11.5. The molecule has 0 bridgehead atoms. The van der Waals surface area contributed by atoms with Crippen LogP contribution in [0.3, 0.4) is 0 Å². The van der Waals surface area contributed by atoms with Crippen molar-refractivity contribution in [1.29, 1.82) is 0 Å². The van der Waals surface area contributed by atoms with E-state index in [0.29, 0.717) is 24.1 Å². The number of aromatic nitrogens is 5. The minimum atomic E-state index is -0.184. The first kappa shape index (κ1) is 20.2. The summed E-state index contributed by atoms with van der Waals surface area (Å²) in [5.41, 5.74) is 0.756. The number of methoxy groups -OCH3 is 1. The highest BCUT2D eigenvalue weighted by Crippen LogP contribution is 2.29. The van der Waals surface area contributed by atoms with Gasteiger partial charge in [0, 0.05) is 11.0 Å². The van der Waals surface area contributed by atoms with Crippen LogP contribution in [-0.2, 0) is 17.7 Å². The second-order valence-corrected chi connectivity index (χ2v) is 8.68. The van der Waals surface area contributed by atoms with Gasteiger partial charge in [-0.1, -0.05) is 32.5 Å². The molecular formula is C21H23N5O3S. The van der Waals surface area contributed by atoms with Gasteiger partial charge in [0.15, 0.2) is 11.0 Å². The number of benzene rings is 1. The van der Waals surface area contributed by atoms with E-state index in [1.54, 1.807) is 13.4 Å². The Morgan fingerprint density at radius 1 is 1.03 bits per heavy atom. The van der Waals surface area contributed by atoms with Gasteiger partial charge in [0.05, 0.1) is 25.7 Å². The third-order valence-electron chi connectivity index (χ3n) is 4.39. The van der Waals surface area contributed by atoms with Crippen LogP contribution in [-0.4, -0.2) is 32.1 Å². The summed E-state index contributed by atoms with van der Waals surface area (Å²) in [4.78, 5) is 0. The molecule has 0 aliphatic heterocycles. The standard InChI is InChI=1S/C21H23N5O3S/c1-21(2,3)19-24-22-17(29-19)13-30-20-25-23-18(14-7-9-15(27-4)10-8-14)26(20)12-16-6-5-11-28-16/h5-11H,12-13H2,1-4H3. The first-order valence-electron chi connectivity index (χ1n) is 9.49. The maximum atomic E-state index is 5.80. The molecule has 9 heteroatoms. The lowest BCUT2D eigenvalue weighted by atomic mass is 9.97. The molecule has 0 aliphatic rings. The molecule has 3 heterocycles. The predicted octanol–water partition coefficient (Wildman–Crippen LogP) is 4.57. The highest BCUT2D eigenvalue weighted by atomic mass is 32.2. The van der Waals surface area contributed by atoms with E-state index in [0.717, 1.165) is 28.1 Å². The van der Waals surface area contributed by atoms with Crippen molar-refractivity contribution in [3.8, 4) is 17.1 Å². The van der Waals surface area contributed by atoms with Gasteiger partial charge in [-0.15, -0.1) is 20.4 Å². The third-order valence-corrected chi connectivity index (χ3v) is 5.34. The predicted molar refractivity (Wildman–Crippen MR) is 112 cm³/mol. The maximum absolute atomic E-state index is 5.80. The average Bonchev–Trinajstić information content (AvgIpc) is 3.48. The van der Waals surface area contributed by atoms with Gasteiger partial charge >= 0.3 is 0 Å². The van der Waals surface area contributed by atoms with Gasteiger partial charge in [-0.25, -0.2) is 0 Å². The Labute approximate surface area is 178 Å². The Morgan fingerprint density at radius 2 is 1.83 bits per heavy atom. The van der Waals surface area contributed by atoms with E-state index >= 15 is 0 Å². The molecule has 4 aromatic rings. The fourth-order valence-corrected chi connectivity index (χ4v) is 3.57. The lowest BCUT2D eigenvalue weighted by Gasteiger charge is -2.11. The molecule has 8 nitrogen and oxygen atoms in total. The molecule has 0 atom stereocenters. The zero-order chi connectivity index (χ0) is 21.1. The Bertz CT molecular complexity index is 1090. The van der Waals surface area contributed by atoms with Crippen LogP contribution in [0.2, 0.25) is 0 Å². The molecule has 0 saturated carbocycles. The van der Waals surface area contributed by atoms with E-state index in [1.165, 1.54) is 11.8 Å². The first-order chi connectivity index (χ1) is 14.4. The normalized spacial score (nSPS) is 11.7. The first-order valence-corrected chi connectivity index (χ1v) is 10.5. The maximum Gasteiger partial charge on any atom is 0.226 e.